The van der Waals surface area contributed by atoms with Crippen molar-refractivity contribution in [2.45, 2.75) is 87.9 Å². The van der Waals surface area contributed by atoms with E-state index < -0.39 is 11.9 Å². The molecule has 2 atom stereocenters. The number of hydrogen-bond acceptors (Lipinski definition) is 4. The molecule has 0 amide bonds. The molecule has 0 aliphatic heterocycles. The van der Waals surface area contributed by atoms with Crippen LogP contribution in [0.1, 0.15) is 79.1 Å². The maximum absolute atomic E-state index is 9.14. The van der Waals surface area contributed by atoms with Crippen LogP contribution >= 0.6 is 0 Å². The number of hydrogen-bond donors (Lipinski definition) is 0. The Balaban J connectivity index is -0.000000471. The van der Waals surface area contributed by atoms with Crippen LogP contribution in [-0.2, 0) is 9.59 Å². The quantitative estimate of drug-likeness (QED) is 0.276. The second-order valence-electron chi connectivity index (χ2n) is 6.54. The molecule has 5 heteroatoms. The van der Waals surface area contributed by atoms with Gasteiger partial charge in [-0.2, -0.15) is 0 Å². The second kappa shape index (κ2) is 25.2. The van der Waals surface area contributed by atoms with Gasteiger partial charge in [0.15, 0.2) is 0 Å². The Morgan fingerprint density at radius 3 is 1.30 bits per heavy atom. The van der Waals surface area contributed by atoms with Crippen LogP contribution in [0.15, 0.2) is 25.3 Å². The summed E-state index contributed by atoms with van der Waals surface area (Å²) in [7, 11) is 0. The predicted octanol–water partition coefficient (Wildman–Crippen LogP) is 3.80. The third-order valence-electron chi connectivity index (χ3n) is 4.29. The van der Waals surface area contributed by atoms with Crippen LogP contribution in [0.25, 0.3) is 0 Å². The van der Waals surface area contributed by atoms with Gasteiger partial charge in [-0.1, -0.05) is 13.2 Å². The zero-order chi connectivity index (χ0) is 21.5. The van der Waals surface area contributed by atoms with Gasteiger partial charge in [0, 0.05) is 0 Å². The molecule has 0 radical (unpaired) electrons. The van der Waals surface area contributed by atoms with E-state index in [4.69, 9.17) is 19.8 Å². The molecule has 0 aromatic heterocycles. The van der Waals surface area contributed by atoms with Gasteiger partial charge in [-0.25, -0.2) is 0 Å². The van der Waals surface area contributed by atoms with Gasteiger partial charge < -0.3 is 19.8 Å². The Hall–Kier alpha value is -0.781. The van der Waals surface area contributed by atoms with Gasteiger partial charge >= 0.3 is 121 Å². The molecule has 0 saturated carbocycles. The number of rotatable bonds is 14. The number of carbonyl (C=O) groups is 2. The molecule has 0 spiro atoms. The Kier molecular flexibility index (Phi) is 28.9. The standard InChI is InChI=1S/2C8H17.2C3H4O2.Sn/c2*1-4-6-7-8(3)5-2;2*1-2-3(4)5;/h2*8H,3-7H2,1-2H3;2*2H,1H2,(H,4,5);/q;;;;+2/p-2. The molecular formula is C22H40O4Sn. The van der Waals surface area contributed by atoms with E-state index in [1.54, 1.807) is 8.87 Å². The topological polar surface area (TPSA) is 80.3 Å². The summed E-state index contributed by atoms with van der Waals surface area (Å²) in [4.78, 5) is 18.3. The first-order valence-electron chi connectivity index (χ1n) is 10.2. The molecule has 0 aromatic rings. The van der Waals surface area contributed by atoms with Crippen molar-refractivity contribution in [3.05, 3.63) is 25.3 Å². The molecule has 27 heavy (non-hydrogen) atoms. The van der Waals surface area contributed by atoms with Gasteiger partial charge in [-0.3, -0.25) is 0 Å². The van der Waals surface area contributed by atoms with Crippen molar-refractivity contribution in [2.24, 2.45) is 11.8 Å². The van der Waals surface area contributed by atoms with Crippen molar-refractivity contribution in [1.82, 2.24) is 0 Å². The molecule has 156 valence electrons. The minimum absolute atomic E-state index is 0.0388. The van der Waals surface area contributed by atoms with Gasteiger partial charge in [-0.15, -0.1) is 0 Å². The van der Waals surface area contributed by atoms with Crippen LogP contribution in [0, 0.1) is 11.8 Å². The monoisotopic (exact) mass is 488 g/mol. The van der Waals surface area contributed by atoms with E-state index in [1.165, 1.54) is 51.4 Å². The van der Waals surface area contributed by atoms with Crippen LogP contribution in [0.4, 0.5) is 0 Å². The summed E-state index contributed by atoms with van der Waals surface area (Å²) in [5, 5.41) is 18.3. The van der Waals surface area contributed by atoms with Crippen LogP contribution in [0.3, 0.4) is 0 Å². The van der Waals surface area contributed by atoms with E-state index in [0.29, 0.717) is 0 Å². The first-order valence-corrected chi connectivity index (χ1v) is 14.2. The van der Waals surface area contributed by atoms with E-state index >= 15 is 0 Å². The van der Waals surface area contributed by atoms with Crippen LogP contribution < -0.4 is 10.2 Å². The van der Waals surface area contributed by atoms with Gasteiger partial charge in [0.05, 0.1) is 11.9 Å². The SMILES string of the molecule is C=CC(=O)[O-].C=CC(=O)[O-].CCCCC(CC)[CH2][Sn+2][CH2]C(CC)CCCC. The third kappa shape index (κ3) is 30.2. The average Bonchev–Trinajstić information content (AvgIpc) is 2.67. The molecular weight excluding hydrogens is 447 g/mol. The molecule has 0 fully saturated rings. The molecule has 4 nitrogen and oxygen atoms in total. The van der Waals surface area contributed by atoms with Crippen LogP contribution in [0.5, 0.6) is 0 Å². The Labute approximate surface area is 177 Å². The van der Waals surface area contributed by atoms with Crippen molar-refractivity contribution < 1.29 is 19.8 Å². The molecule has 0 N–H and O–H groups in total. The summed E-state index contributed by atoms with van der Waals surface area (Å²) in [5.74, 6) is -0.287. The summed E-state index contributed by atoms with van der Waals surface area (Å²) in [6.45, 7) is 15.2. The number of aliphatic carboxylic acids is 2. The van der Waals surface area contributed by atoms with Crippen LogP contribution in [0.2, 0.25) is 8.87 Å². The normalized spacial score (nSPS) is 11.4. The van der Waals surface area contributed by atoms with Gasteiger partial charge in [0.1, 0.15) is 0 Å². The van der Waals surface area contributed by atoms with E-state index in [9.17, 15) is 0 Å². The zero-order valence-electron chi connectivity index (χ0n) is 17.9. The molecule has 0 saturated heterocycles. The summed E-state index contributed by atoms with van der Waals surface area (Å²) in [6, 6.07) is 0. The number of carboxylic acids is 2. The first-order chi connectivity index (χ1) is 12.8. The molecule has 0 rings (SSSR count). The van der Waals surface area contributed by atoms with Crippen molar-refractivity contribution in [3.8, 4) is 0 Å². The summed E-state index contributed by atoms with van der Waals surface area (Å²) < 4.78 is 3.31. The van der Waals surface area contributed by atoms with Crippen molar-refractivity contribution >= 4 is 33.1 Å². The Morgan fingerprint density at radius 2 is 1.11 bits per heavy atom. The molecule has 0 aliphatic carbocycles. The van der Waals surface area contributed by atoms with E-state index in [-0.39, 0.29) is 21.1 Å². The van der Waals surface area contributed by atoms with E-state index in [0.717, 1.165) is 24.0 Å². The van der Waals surface area contributed by atoms with Crippen LogP contribution in [-0.4, -0.2) is 33.1 Å². The van der Waals surface area contributed by atoms with E-state index in [1.807, 2.05) is 0 Å². The predicted molar refractivity (Wildman–Crippen MR) is 112 cm³/mol. The summed E-state index contributed by atoms with van der Waals surface area (Å²) in [6.07, 6.45) is 13.0. The number of carboxylic acid groups (broad SMARTS) is 2. The summed E-state index contributed by atoms with van der Waals surface area (Å²) >= 11 is -0.0388. The third-order valence-corrected chi connectivity index (χ3v) is 9.23. The molecule has 0 aliphatic rings. The minimum atomic E-state index is -1.23. The number of unbranched alkanes of at least 4 members (excludes halogenated alkanes) is 2. The van der Waals surface area contributed by atoms with Gasteiger partial charge in [-0.05, 0) is 12.2 Å². The molecule has 2 unspecified atom stereocenters. The maximum atomic E-state index is 9.14. The first kappa shape index (κ1) is 30.9. The fourth-order valence-electron chi connectivity index (χ4n) is 2.38. The molecule has 0 bridgehead atoms. The fourth-order valence-corrected chi connectivity index (χ4v) is 8.00. The second-order valence-corrected chi connectivity index (χ2v) is 10.3. The fraction of sp³-hybridized carbons (Fsp3) is 0.727. The zero-order valence-corrected chi connectivity index (χ0v) is 20.8. The molecule has 0 heterocycles. The van der Waals surface area contributed by atoms with Gasteiger partial charge in [0.25, 0.3) is 0 Å². The number of carbonyl (C=O) groups excluding carboxylic acids is 2. The Bertz CT molecular complexity index is 335. The van der Waals surface area contributed by atoms with Crippen molar-refractivity contribution in [1.29, 1.82) is 0 Å². The van der Waals surface area contributed by atoms with Gasteiger partial charge in [0.2, 0.25) is 0 Å². The van der Waals surface area contributed by atoms with Crippen molar-refractivity contribution in [3.63, 3.8) is 0 Å². The average molecular weight is 487 g/mol. The summed E-state index contributed by atoms with van der Waals surface area (Å²) in [5.41, 5.74) is 0. The molecule has 0 aromatic carbocycles. The Morgan fingerprint density at radius 1 is 0.815 bits per heavy atom. The van der Waals surface area contributed by atoms with Crippen molar-refractivity contribution in [2.75, 3.05) is 0 Å². The van der Waals surface area contributed by atoms with E-state index in [2.05, 4.69) is 40.9 Å².